The van der Waals surface area contributed by atoms with Gasteiger partial charge in [-0.1, -0.05) is 70.0 Å². The van der Waals surface area contributed by atoms with E-state index in [1.807, 2.05) is 42.5 Å². The molecule has 0 heterocycles. The van der Waals surface area contributed by atoms with Crippen molar-refractivity contribution in [3.8, 4) is 11.5 Å². The molecule has 0 radical (unpaired) electrons. The van der Waals surface area contributed by atoms with E-state index in [1.165, 1.54) is 6.21 Å². The molecule has 0 bridgehead atoms. The molecule has 6 nitrogen and oxygen atoms in total. The number of carbonyl (C=O) groups is 2. The van der Waals surface area contributed by atoms with Gasteiger partial charge >= 0.3 is 5.97 Å². The van der Waals surface area contributed by atoms with E-state index >= 15 is 0 Å². The highest BCUT2D eigenvalue weighted by Gasteiger charge is 2.16. The molecule has 4 aromatic rings. The number of rotatable bonds is 7. The highest BCUT2D eigenvalue weighted by Crippen LogP contribution is 2.25. The Labute approximate surface area is 215 Å². The zero-order valence-electron chi connectivity index (χ0n) is 18.6. The number of hydrogen-bond donors (Lipinski definition) is 1. The van der Waals surface area contributed by atoms with Gasteiger partial charge in [0, 0.05) is 10.0 Å². The number of halogens is 2. The molecule has 0 aliphatic rings. The first kappa shape index (κ1) is 24.4. The lowest BCUT2D eigenvalue weighted by molar-refractivity contribution is -0.127. The largest absolute Gasteiger partial charge is 0.481 e. The van der Waals surface area contributed by atoms with Gasteiger partial charge in [0.05, 0.1) is 16.8 Å². The van der Waals surface area contributed by atoms with Crippen molar-refractivity contribution in [3.05, 3.63) is 106 Å². The number of esters is 1. The summed E-state index contributed by atoms with van der Waals surface area (Å²) < 4.78 is 12.0. The average molecular weight is 552 g/mol. The summed E-state index contributed by atoms with van der Waals surface area (Å²) in [5, 5.41) is 6.40. The summed E-state index contributed by atoms with van der Waals surface area (Å²) in [7, 11) is 0. The minimum Gasteiger partial charge on any atom is -0.481 e. The van der Waals surface area contributed by atoms with Gasteiger partial charge in [0.15, 0.2) is 6.10 Å². The Balaban J connectivity index is 1.41. The highest BCUT2D eigenvalue weighted by atomic mass is 79.9. The second kappa shape index (κ2) is 11.2. The Morgan fingerprint density at radius 3 is 2.51 bits per heavy atom. The zero-order valence-corrected chi connectivity index (χ0v) is 20.9. The summed E-state index contributed by atoms with van der Waals surface area (Å²) in [6, 6.07) is 25.2. The molecule has 0 aliphatic heterocycles. The van der Waals surface area contributed by atoms with Crippen LogP contribution in [0, 0.1) is 0 Å². The Morgan fingerprint density at radius 1 is 0.971 bits per heavy atom. The zero-order chi connectivity index (χ0) is 24.8. The van der Waals surface area contributed by atoms with Gasteiger partial charge in [-0.15, -0.1) is 0 Å². The molecule has 0 saturated heterocycles. The maximum atomic E-state index is 12.5. The molecule has 176 valence electrons. The van der Waals surface area contributed by atoms with Crippen molar-refractivity contribution < 1.29 is 19.1 Å². The van der Waals surface area contributed by atoms with Crippen LogP contribution in [-0.2, 0) is 4.79 Å². The predicted molar refractivity (Wildman–Crippen MR) is 140 cm³/mol. The van der Waals surface area contributed by atoms with Crippen molar-refractivity contribution in [2.45, 2.75) is 13.0 Å². The first-order chi connectivity index (χ1) is 16.9. The lowest BCUT2D eigenvalue weighted by Crippen LogP contribution is -2.33. The quantitative estimate of drug-likeness (QED) is 0.125. The van der Waals surface area contributed by atoms with Gasteiger partial charge in [0.1, 0.15) is 11.5 Å². The minimum absolute atomic E-state index is 0.243. The number of hydrogen-bond acceptors (Lipinski definition) is 5. The normalized spacial score (nSPS) is 11.9. The highest BCUT2D eigenvalue weighted by molar-refractivity contribution is 9.10. The molecule has 0 fully saturated rings. The van der Waals surface area contributed by atoms with Gasteiger partial charge < -0.3 is 9.47 Å². The third-order valence-electron chi connectivity index (χ3n) is 5.05. The van der Waals surface area contributed by atoms with Crippen LogP contribution in [0.15, 0.2) is 94.5 Å². The molecule has 1 N–H and O–H groups in total. The molecule has 8 heteroatoms. The lowest BCUT2D eigenvalue weighted by atomic mass is 10.1. The van der Waals surface area contributed by atoms with Crippen LogP contribution < -0.4 is 14.9 Å². The molecule has 1 atom stereocenters. The van der Waals surface area contributed by atoms with E-state index in [1.54, 1.807) is 49.4 Å². The second-order valence-electron chi connectivity index (χ2n) is 7.55. The van der Waals surface area contributed by atoms with Crippen LogP contribution >= 0.6 is 27.5 Å². The fourth-order valence-electron chi connectivity index (χ4n) is 3.25. The molecular weight excluding hydrogens is 532 g/mol. The van der Waals surface area contributed by atoms with Crippen molar-refractivity contribution >= 4 is 56.4 Å². The maximum Gasteiger partial charge on any atom is 0.345 e. The number of hydrazone groups is 1. The van der Waals surface area contributed by atoms with E-state index in [0.717, 1.165) is 15.2 Å². The van der Waals surface area contributed by atoms with E-state index in [-0.39, 0.29) is 16.3 Å². The number of ether oxygens (including phenoxy) is 2. The summed E-state index contributed by atoms with van der Waals surface area (Å²) in [6.07, 6.45) is 0.606. The van der Waals surface area contributed by atoms with Crippen LogP contribution in [-0.4, -0.2) is 24.2 Å². The van der Waals surface area contributed by atoms with Gasteiger partial charge in [0.25, 0.3) is 5.91 Å². The fraction of sp³-hybridized carbons (Fsp3) is 0.0741. The number of nitrogens with one attached hydrogen (secondary N) is 1. The topological polar surface area (TPSA) is 77.0 Å². The van der Waals surface area contributed by atoms with Crippen molar-refractivity contribution in [1.29, 1.82) is 0 Å². The standard InChI is InChI=1S/C27H20BrClN2O4/c1-17(34-22-12-10-18-6-2-3-7-19(18)15-22)26(32)31-30-16-20-14-21(28)11-13-25(20)35-27(33)23-8-4-5-9-24(23)29/h2-17H,1H3,(H,31,32)/b30-16-/t17-/m1/s1. The maximum absolute atomic E-state index is 12.5. The first-order valence-corrected chi connectivity index (χ1v) is 11.8. The number of carbonyl (C=O) groups excluding carboxylic acids is 2. The summed E-state index contributed by atoms with van der Waals surface area (Å²) in [5.41, 5.74) is 3.18. The molecule has 4 aromatic carbocycles. The van der Waals surface area contributed by atoms with E-state index in [4.69, 9.17) is 21.1 Å². The van der Waals surface area contributed by atoms with Gasteiger partial charge in [-0.3, -0.25) is 4.79 Å². The number of fused-ring (bicyclic) bond motifs is 1. The number of nitrogens with zero attached hydrogens (tertiary/aromatic N) is 1. The molecule has 0 aliphatic carbocycles. The minimum atomic E-state index is -0.784. The average Bonchev–Trinajstić information content (AvgIpc) is 2.85. The van der Waals surface area contributed by atoms with Gasteiger partial charge in [-0.2, -0.15) is 5.10 Å². The van der Waals surface area contributed by atoms with Gasteiger partial charge in [0.2, 0.25) is 0 Å². The van der Waals surface area contributed by atoms with Gasteiger partial charge in [-0.05, 0) is 60.2 Å². The Morgan fingerprint density at radius 2 is 1.71 bits per heavy atom. The van der Waals surface area contributed by atoms with Crippen LogP contribution in [0.1, 0.15) is 22.8 Å². The number of benzene rings is 4. The fourth-order valence-corrected chi connectivity index (χ4v) is 3.84. The van der Waals surface area contributed by atoms with Crippen molar-refractivity contribution in [2.24, 2.45) is 5.10 Å². The Bertz CT molecular complexity index is 1420. The van der Waals surface area contributed by atoms with Crippen LogP contribution in [0.5, 0.6) is 11.5 Å². The Hall–Kier alpha value is -3.68. The van der Waals surface area contributed by atoms with Crippen LogP contribution in [0.4, 0.5) is 0 Å². The van der Waals surface area contributed by atoms with E-state index < -0.39 is 18.0 Å². The van der Waals surface area contributed by atoms with Crippen molar-refractivity contribution in [1.82, 2.24) is 5.43 Å². The van der Waals surface area contributed by atoms with Crippen LogP contribution in [0.25, 0.3) is 10.8 Å². The lowest BCUT2D eigenvalue weighted by Gasteiger charge is -2.13. The van der Waals surface area contributed by atoms with E-state index in [9.17, 15) is 9.59 Å². The number of amides is 1. The summed E-state index contributed by atoms with van der Waals surface area (Å²) in [4.78, 5) is 25.0. The third kappa shape index (κ3) is 6.26. The van der Waals surface area contributed by atoms with E-state index in [2.05, 4.69) is 26.5 Å². The van der Waals surface area contributed by atoms with Crippen molar-refractivity contribution in [3.63, 3.8) is 0 Å². The smallest absolute Gasteiger partial charge is 0.345 e. The third-order valence-corrected chi connectivity index (χ3v) is 5.87. The van der Waals surface area contributed by atoms with Crippen LogP contribution in [0.3, 0.4) is 0 Å². The molecule has 0 unspecified atom stereocenters. The Kier molecular flexibility index (Phi) is 7.80. The van der Waals surface area contributed by atoms with Gasteiger partial charge in [-0.25, -0.2) is 10.2 Å². The summed E-state index contributed by atoms with van der Waals surface area (Å²) in [6.45, 7) is 1.63. The molecule has 4 rings (SSSR count). The molecule has 0 saturated carbocycles. The molecule has 35 heavy (non-hydrogen) atoms. The van der Waals surface area contributed by atoms with Crippen LogP contribution in [0.2, 0.25) is 5.02 Å². The summed E-state index contributed by atoms with van der Waals surface area (Å²) in [5.74, 6) is -0.194. The first-order valence-electron chi connectivity index (χ1n) is 10.7. The molecular formula is C27H20BrClN2O4. The van der Waals surface area contributed by atoms with E-state index in [0.29, 0.717) is 11.3 Å². The van der Waals surface area contributed by atoms with Crippen molar-refractivity contribution in [2.75, 3.05) is 0 Å². The molecule has 1 amide bonds. The molecule has 0 spiro atoms. The SMILES string of the molecule is C[C@@H](Oc1ccc2ccccc2c1)C(=O)N/N=C\c1cc(Br)ccc1OC(=O)c1ccccc1Cl. The monoisotopic (exact) mass is 550 g/mol. The second-order valence-corrected chi connectivity index (χ2v) is 8.88. The predicted octanol–water partition coefficient (Wildman–Crippen LogP) is 6.39. The summed E-state index contributed by atoms with van der Waals surface area (Å²) >= 11 is 9.48. The molecule has 0 aromatic heterocycles.